The Balaban J connectivity index is 2.82. The molecular weight excluding hydrogens is 212 g/mol. The smallest absolute Gasteiger partial charge is 0.0975 e. The summed E-state index contributed by atoms with van der Waals surface area (Å²) >= 11 is 0. The third kappa shape index (κ3) is 3.94. The minimum Gasteiger partial charge on any atom is -0.512 e. The first-order chi connectivity index (χ1) is 7.80. The Kier molecular flexibility index (Phi) is 3.94. The first-order valence-electron chi connectivity index (χ1n) is 5.60. The lowest BCUT2D eigenvalue weighted by molar-refractivity contribution is 0.277. The van der Waals surface area contributed by atoms with Gasteiger partial charge in [-0.3, -0.25) is 4.98 Å². The normalized spacial score (nSPS) is 13.3. The summed E-state index contributed by atoms with van der Waals surface area (Å²) < 4.78 is 0. The summed E-state index contributed by atoms with van der Waals surface area (Å²) in [6.45, 7) is 7.74. The summed E-state index contributed by atoms with van der Waals surface area (Å²) in [6, 6.07) is 1.86. The number of pyridine rings is 1. The van der Waals surface area contributed by atoms with Gasteiger partial charge < -0.3 is 10.8 Å². The second-order valence-electron chi connectivity index (χ2n) is 5.10. The van der Waals surface area contributed by atoms with E-state index in [0.29, 0.717) is 11.4 Å². The van der Waals surface area contributed by atoms with Crippen molar-refractivity contribution in [1.29, 1.82) is 0 Å². The average Bonchev–Trinajstić information content (AvgIpc) is 2.22. The Morgan fingerprint density at radius 2 is 2.06 bits per heavy atom. The van der Waals surface area contributed by atoms with Crippen LogP contribution >= 0.6 is 0 Å². The maximum atomic E-state index is 9.73. The number of aliphatic hydroxyl groups is 1. The quantitative estimate of drug-likeness (QED) is 0.606. The lowest BCUT2D eigenvalue weighted by Crippen LogP contribution is -2.07. The molecule has 0 fully saturated rings. The minimum atomic E-state index is -0.227. The van der Waals surface area contributed by atoms with Gasteiger partial charge in [0.1, 0.15) is 0 Å². The van der Waals surface area contributed by atoms with Crippen LogP contribution in [0.25, 0.3) is 6.08 Å². The third-order valence-corrected chi connectivity index (χ3v) is 2.46. The Hall–Kier alpha value is -1.77. The van der Waals surface area contributed by atoms with E-state index in [9.17, 15) is 5.11 Å². The molecule has 17 heavy (non-hydrogen) atoms. The van der Waals surface area contributed by atoms with Crippen LogP contribution in [-0.4, -0.2) is 10.1 Å². The number of aromatic nitrogens is 1. The van der Waals surface area contributed by atoms with E-state index in [0.717, 1.165) is 11.3 Å². The van der Waals surface area contributed by atoms with Crippen LogP contribution in [0.15, 0.2) is 30.2 Å². The molecule has 3 N–H and O–H groups in total. The maximum Gasteiger partial charge on any atom is 0.0975 e. The Bertz CT molecular complexity index is 454. The van der Waals surface area contributed by atoms with E-state index in [2.05, 4.69) is 4.98 Å². The molecule has 0 amide bonds. The molecule has 0 aliphatic rings. The van der Waals surface area contributed by atoms with Crippen molar-refractivity contribution in [2.24, 2.45) is 5.41 Å². The summed E-state index contributed by atoms with van der Waals surface area (Å²) in [4.78, 5) is 4.17. The maximum absolute atomic E-state index is 9.73. The predicted molar refractivity (Wildman–Crippen MR) is 72.6 cm³/mol. The van der Waals surface area contributed by atoms with Gasteiger partial charge in [0.05, 0.1) is 17.1 Å². The van der Waals surface area contributed by atoms with Crippen LogP contribution in [-0.2, 0) is 0 Å². The molecule has 1 aromatic rings. The molecule has 0 radical (unpaired) electrons. The number of nitrogens with zero attached hydrogens (tertiary/aromatic N) is 1. The standard InChI is InChI=1S/C14H20N2O/c1-10-12(15)8-11(9-16-10)6-5-7-13(17)14(2,3)4/h5-9,17H,15H2,1-4H3/b6-5+,13-7-. The molecule has 3 heteroatoms. The zero-order valence-corrected chi connectivity index (χ0v) is 10.9. The number of hydrogen-bond donors (Lipinski definition) is 2. The van der Waals surface area contributed by atoms with Crippen molar-refractivity contribution < 1.29 is 5.11 Å². The molecule has 0 atom stereocenters. The molecule has 0 saturated carbocycles. The molecule has 0 unspecified atom stereocenters. The van der Waals surface area contributed by atoms with E-state index in [1.807, 2.05) is 39.8 Å². The van der Waals surface area contributed by atoms with Crippen molar-refractivity contribution in [2.75, 3.05) is 5.73 Å². The molecule has 1 heterocycles. The molecule has 92 valence electrons. The van der Waals surface area contributed by atoms with E-state index < -0.39 is 0 Å². The van der Waals surface area contributed by atoms with Gasteiger partial charge in [0.25, 0.3) is 0 Å². The van der Waals surface area contributed by atoms with Crippen LogP contribution in [0.2, 0.25) is 0 Å². The van der Waals surface area contributed by atoms with Crippen molar-refractivity contribution >= 4 is 11.8 Å². The van der Waals surface area contributed by atoms with Crippen LogP contribution in [0.5, 0.6) is 0 Å². The van der Waals surface area contributed by atoms with Gasteiger partial charge in [0, 0.05) is 11.6 Å². The van der Waals surface area contributed by atoms with Crippen molar-refractivity contribution in [3.05, 3.63) is 41.4 Å². The largest absolute Gasteiger partial charge is 0.512 e. The van der Waals surface area contributed by atoms with Gasteiger partial charge in [0.2, 0.25) is 0 Å². The highest BCUT2D eigenvalue weighted by molar-refractivity contribution is 5.57. The van der Waals surface area contributed by atoms with Gasteiger partial charge in [-0.05, 0) is 24.6 Å². The predicted octanol–water partition coefficient (Wildman–Crippen LogP) is 3.47. The molecule has 0 aromatic carbocycles. The number of hydrogen-bond acceptors (Lipinski definition) is 3. The highest BCUT2D eigenvalue weighted by Crippen LogP contribution is 2.22. The van der Waals surface area contributed by atoms with Gasteiger partial charge in [-0.15, -0.1) is 0 Å². The first kappa shape index (κ1) is 13.3. The monoisotopic (exact) mass is 232 g/mol. The van der Waals surface area contributed by atoms with E-state index in [-0.39, 0.29) is 5.41 Å². The molecule has 1 aromatic heterocycles. The van der Waals surface area contributed by atoms with Crippen molar-refractivity contribution in [3.63, 3.8) is 0 Å². The highest BCUT2D eigenvalue weighted by Gasteiger charge is 2.14. The number of nitrogens with two attached hydrogens (primary N) is 1. The summed E-state index contributed by atoms with van der Waals surface area (Å²) in [5, 5.41) is 9.73. The summed E-state index contributed by atoms with van der Waals surface area (Å²) in [6.07, 6.45) is 7.11. The fourth-order valence-corrected chi connectivity index (χ4v) is 1.16. The van der Waals surface area contributed by atoms with Crippen LogP contribution in [0.1, 0.15) is 32.0 Å². The number of aryl methyl sites for hydroxylation is 1. The second-order valence-corrected chi connectivity index (χ2v) is 5.10. The number of allylic oxidation sites excluding steroid dienone is 3. The number of anilines is 1. The van der Waals surface area contributed by atoms with Crippen molar-refractivity contribution in [3.8, 4) is 0 Å². The van der Waals surface area contributed by atoms with E-state index >= 15 is 0 Å². The zero-order chi connectivity index (χ0) is 13.1. The molecular formula is C14H20N2O. The molecule has 0 saturated heterocycles. The van der Waals surface area contributed by atoms with Gasteiger partial charge in [-0.1, -0.05) is 32.9 Å². The Morgan fingerprint density at radius 1 is 1.41 bits per heavy atom. The fourth-order valence-electron chi connectivity index (χ4n) is 1.16. The molecule has 0 aliphatic heterocycles. The first-order valence-corrected chi connectivity index (χ1v) is 5.60. The topological polar surface area (TPSA) is 59.1 Å². The molecule has 0 aliphatic carbocycles. The third-order valence-electron chi connectivity index (χ3n) is 2.46. The zero-order valence-electron chi connectivity index (χ0n) is 10.9. The molecule has 1 rings (SSSR count). The number of rotatable bonds is 2. The summed E-state index contributed by atoms with van der Waals surface area (Å²) in [5.74, 6) is 0.349. The van der Waals surface area contributed by atoms with E-state index in [4.69, 9.17) is 5.73 Å². The van der Waals surface area contributed by atoms with Crippen LogP contribution in [0, 0.1) is 12.3 Å². The van der Waals surface area contributed by atoms with Crippen molar-refractivity contribution in [1.82, 2.24) is 4.98 Å². The SMILES string of the molecule is Cc1ncc(/C=C/C=C(\O)C(C)(C)C)cc1N. The van der Waals surface area contributed by atoms with Crippen molar-refractivity contribution in [2.45, 2.75) is 27.7 Å². The molecule has 0 bridgehead atoms. The highest BCUT2D eigenvalue weighted by atomic mass is 16.3. The van der Waals surface area contributed by atoms with E-state index in [1.54, 1.807) is 18.3 Å². The second kappa shape index (κ2) is 5.04. The van der Waals surface area contributed by atoms with Gasteiger partial charge in [-0.25, -0.2) is 0 Å². The average molecular weight is 232 g/mol. The summed E-state index contributed by atoms with van der Waals surface area (Å²) in [5.41, 5.74) is 7.96. The van der Waals surface area contributed by atoms with Crippen LogP contribution in [0.4, 0.5) is 5.69 Å². The minimum absolute atomic E-state index is 0.227. The summed E-state index contributed by atoms with van der Waals surface area (Å²) in [7, 11) is 0. The lowest BCUT2D eigenvalue weighted by Gasteiger charge is -2.16. The van der Waals surface area contributed by atoms with Gasteiger partial charge >= 0.3 is 0 Å². The van der Waals surface area contributed by atoms with Crippen LogP contribution < -0.4 is 5.73 Å². The Morgan fingerprint density at radius 3 is 2.59 bits per heavy atom. The van der Waals surface area contributed by atoms with Gasteiger partial charge in [-0.2, -0.15) is 0 Å². The fraction of sp³-hybridized carbons (Fsp3) is 0.357. The number of nitrogen functional groups attached to an aromatic ring is 1. The lowest BCUT2D eigenvalue weighted by atomic mass is 9.93. The van der Waals surface area contributed by atoms with E-state index in [1.165, 1.54) is 0 Å². The van der Waals surface area contributed by atoms with Gasteiger partial charge in [0.15, 0.2) is 0 Å². The Labute approximate surface area is 103 Å². The molecule has 0 spiro atoms. The molecule has 3 nitrogen and oxygen atoms in total. The number of aliphatic hydroxyl groups excluding tert-OH is 1. The van der Waals surface area contributed by atoms with Crippen LogP contribution in [0.3, 0.4) is 0 Å².